The highest BCUT2D eigenvalue weighted by Crippen LogP contribution is 2.34. The first kappa shape index (κ1) is 26.4. The number of amides is 3. The van der Waals surface area contributed by atoms with Crippen molar-refractivity contribution in [3.8, 4) is 17.2 Å². The molecule has 182 valence electrons. The van der Waals surface area contributed by atoms with Gasteiger partial charge in [0.2, 0.25) is 0 Å². The molecule has 0 saturated carbocycles. The molecule has 0 fully saturated rings. The van der Waals surface area contributed by atoms with Crippen LogP contribution < -0.4 is 25.8 Å². The zero-order chi connectivity index (χ0) is 25.5. The van der Waals surface area contributed by atoms with E-state index in [1.165, 1.54) is 7.11 Å². The third kappa shape index (κ3) is 7.60. The van der Waals surface area contributed by atoms with Crippen molar-refractivity contribution >= 4 is 38.6 Å². The normalized spacial score (nSPS) is 10.6. The number of ether oxygens (including phenoxy) is 2. The Bertz CT molecular complexity index is 1300. The summed E-state index contributed by atoms with van der Waals surface area (Å²) in [4.78, 5) is 27.8. The summed E-state index contributed by atoms with van der Waals surface area (Å²) in [5.74, 6) is 0.846. The van der Waals surface area contributed by atoms with Crippen LogP contribution in [0.5, 0.6) is 17.2 Å². The maximum atomic E-state index is 11.8. The van der Waals surface area contributed by atoms with Crippen molar-refractivity contribution < 1.29 is 32.0 Å². The number of methoxy groups -OCH3 is 1. The summed E-state index contributed by atoms with van der Waals surface area (Å²) in [5, 5.41) is 6.10. The first-order valence-corrected chi connectivity index (χ1v) is 11.8. The lowest BCUT2D eigenvalue weighted by molar-refractivity contribution is 0.0997. The first-order valence-electron chi connectivity index (χ1n) is 9.95. The molecule has 3 rings (SSSR count). The number of aryl methyl sites for hydroxylation is 1. The second kappa shape index (κ2) is 11.3. The van der Waals surface area contributed by atoms with Crippen LogP contribution in [0.25, 0.3) is 10.9 Å². The molecule has 11 nitrogen and oxygen atoms in total. The Kier molecular flexibility index (Phi) is 8.76. The van der Waals surface area contributed by atoms with Crippen LogP contribution in [0.2, 0.25) is 0 Å². The van der Waals surface area contributed by atoms with Gasteiger partial charge in [0.1, 0.15) is 17.2 Å². The van der Waals surface area contributed by atoms with Crippen LogP contribution in [0.3, 0.4) is 0 Å². The summed E-state index contributed by atoms with van der Waals surface area (Å²) in [6.07, 6.45) is 2.33. The van der Waals surface area contributed by atoms with Crippen LogP contribution in [0.4, 0.5) is 10.5 Å². The van der Waals surface area contributed by atoms with E-state index in [1.54, 1.807) is 36.5 Å². The third-order valence-electron chi connectivity index (χ3n) is 4.30. The molecule has 1 aromatic heterocycles. The molecule has 12 heteroatoms. The van der Waals surface area contributed by atoms with E-state index in [9.17, 15) is 18.0 Å². The van der Waals surface area contributed by atoms with Gasteiger partial charge in [0.25, 0.3) is 16.0 Å². The summed E-state index contributed by atoms with van der Waals surface area (Å²) < 4.78 is 37.1. The molecule has 0 aliphatic heterocycles. The van der Waals surface area contributed by atoms with Gasteiger partial charge in [0.05, 0.1) is 24.4 Å². The maximum Gasteiger partial charge on any atom is 0.319 e. The van der Waals surface area contributed by atoms with E-state index in [2.05, 4.69) is 15.6 Å². The molecule has 3 amide bonds. The monoisotopic (exact) mass is 490 g/mol. The fraction of sp³-hybridized carbons (Fsp3) is 0.227. The minimum absolute atomic E-state index is 0.246. The van der Waals surface area contributed by atoms with E-state index in [0.29, 0.717) is 46.6 Å². The number of rotatable bonds is 6. The highest BCUT2D eigenvalue weighted by atomic mass is 32.2. The molecule has 0 radical (unpaired) electrons. The standard InChI is InChI=1S/C21H22N4O4.CH4O3S/c1-4-23-21(27)25-16-6-5-13(9-12(16)2)29-18-7-8-24-17-11-19(28-3)15(20(22)26)10-14(17)18;1-5(2,3)4/h5-11H,4H2,1-3H3,(H2,22,26)(H2,23,25,27);1H3,(H,2,3,4). The molecular weight excluding hydrogens is 464 g/mol. The maximum absolute atomic E-state index is 11.8. The van der Waals surface area contributed by atoms with Gasteiger partial charge in [-0.05, 0) is 49.7 Å². The number of primary amides is 1. The Labute approximate surface area is 197 Å². The number of carbonyl (C=O) groups excluding carboxylic acids is 2. The second-order valence-electron chi connectivity index (χ2n) is 7.04. The number of nitrogens with two attached hydrogens (primary N) is 1. The van der Waals surface area contributed by atoms with E-state index in [-0.39, 0.29) is 11.6 Å². The molecule has 0 saturated heterocycles. The van der Waals surface area contributed by atoms with Crippen molar-refractivity contribution in [1.82, 2.24) is 10.3 Å². The zero-order valence-corrected chi connectivity index (χ0v) is 19.9. The van der Waals surface area contributed by atoms with Gasteiger partial charge in [-0.25, -0.2) is 4.79 Å². The highest BCUT2D eigenvalue weighted by Gasteiger charge is 2.14. The molecule has 3 aromatic rings. The smallest absolute Gasteiger partial charge is 0.319 e. The molecule has 34 heavy (non-hydrogen) atoms. The number of anilines is 1. The average Bonchev–Trinajstić information content (AvgIpc) is 2.74. The lowest BCUT2D eigenvalue weighted by Gasteiger charge is -2.13. The Morgan fingerprint density at radius 2 is 1.82 bits per heavy atom. The molecule has 5 N–H and O–H groups in total. The van der Waals surface area contributed by atoms with Crippen LogP contribution in [0.1, 0.15) is 22.8 Å². The number of nitrogens with one attached hydrogen (secondary N) is 2. The van der Waals surface area contributed by atoms with E-state index < -0.39 is 16.0 Å². The van der Waals surface area contributed by atoms with E-state index in [0.717, 1.165) is 5.56 Å². The van der Waals surface area contributed by atoms with Gasteiger partial charge in [0, 0.05) is 29.9 Å². The van der Waals surface area contributed by atoms with Crippen molar-refractivity contribution in [2.75, 3.05) is 25.2 Å². The fourth-order valence-electron chi connectivity index (χ4n) is 2.89. The molecule has 0 aliphatic carbocycles. The van der Waals surface area contributed by atoms with Crippen LogP contribution in [0.15, 0.2) is 42.6 Å². The van der Waals surface area contributed by atoms with Gasteiger partial charge < -0.3 is 25.8 Å². The second-order valence-corrected chi connectivity index (χ2v) is 8.51. The van der Waals surface area contributed by atoms with Crippen LogP contribution >= 0.6 is 0 Å². The Hall–Kier alpha value is -3.90. The highest BCUT2D eigenvalue weighted by molar-refractivity contribution is 7.85. The Morgan fingerprint density at radius 3 is 2.38 bits per heavy atom. The molecule has 2 aromatic carbocycles. The molecule has 0 aliphatic rings. The van der Waals surface area contributed by atoms with E-state index >= 15 is 0 Å². The average molecular weight is 491 g/mol. The van der Waals surface area contributed by atoms with Crippen molar-refractivity contribution in [3.63, 3.8) is 0 Å². The van der Waals surface area contributed by atoms with E-state index in [4.69, 9.17) is 19.8 Å². The quantitative estimate of drug-likeness (QED) is 0.382. The number of hydrogen-bond acceptors (Lipinski definition) is 7. The van der Waals surface area contributed by atoms with Crippen molar-refractivity contribution in [3.05, 3.63) is 53.7 Å². The number of hydrogen-bond donors (Lipinski definition) is 4. The summed E-state index contributed by atoms with van der Waals surface area (Å²) in [5.41, 5.74) is 7.84. The van der Waals surface area contributed by atoms with E-state index in [1.807, 2.05) is 19.9 Å². The zero-order valence-electron chi connectivity index (χ0n) is 19.1. The Balaban J connectivity index is 0.000000739. The predicted molar refractivity (Wildman–Crippen MR) is 128 cm³/mol. The van der Waals surface area contributed by atoms with Gasteiger partial charge in [-0.15, -0.1) is 0 Å². The number of nitrogens with zero attached hydrogens (tertiary/aromatic N) is 1. The van der Waals surface area contributed by atoms with Crippen molar-refractivity contribution in [2.24, 2.45) is 5.73 Å². The molecule has 0 spiro atoms. The van der Waals surface area contributed by atoms with Gasteiger partial charge in [-0.1, -0.05) is 0 Å². The number of aromatic nitrogens is 1. The SMILES string of the molecule is CCNC(=O)Nc1ccc(Oc2ccnc3cc(OC)c(C(N)=O)cc23)cc1C.CS(=O)(=O)O. The number of benzene rings is 2. The van der Waals surface area contributed by atoms with Crippen LogP contribution in [-0.4, -0.2) is 49.8 Å². The largest absolute Gasteiger partial charge is 0.496 e. The summed E-state index contributed by atoms with van der Waals surface area (Å²) in [6.45, 7) is 4.26. The van der Waals surface area contributed by atoms with Crippen molar-refractivity contribution in [2.45, 2.75) is 13.8 Å². The Morgan fingerprint density at radius 1 is 1.15 bits per heavy atom. The topological polar surface area (TPSA) is 170 Å². The minimum atomic E-state index is -3.67. The third-order valence-corrected chi connectivity index (χ3v) is 4.30. The molecule has 0 atom stereocenters. The lowest BCUT2D eigenvalue weighted by atomic mass is 10.1. The predicted octanol–water partition coefficient (Wildman–Crippen LogP) is 3.09. The summed E-state index contributed by atoms with van der Waals surface area (Å²) in [7, 11) is -2.20. The van der Waals surface area contributed by atoms with Crippen LogP contribution in [-0.2, 0) is 10.1 Å². The lowest BCUT2D eigenvalue weighted by Crippen LogP contribution is -2.28. The van der Waals surface area contributed by atoms with Gasteiger partial charge in [-0.2, -0.15) is 8.42 Å². The number of urea groups is 1. The van der Waals surface area contributed by atoms with Gasteiger partial charge in [0.15, 0.2) is 0 Å². The number of carbonyl (C=O) groups is 2. The number of pyridine rings is 1. The van der Waals surface area contributed by atoms with Gasteiger partial charge >= 0.3 is 6.03 Å². The molecule has 0 bridgehead atoms. The minimum Gasteiger partial charge on any atom is -0.496 e. The first-order chi connectivity index (χ1) is 15.9. The summed E-state index contributed by atoms with van der Waals surface area (Å²) in [6, 6.07) is 10.0. The fourth-order valence-corrected chi connectivity index (χ4v) is 2.89. The number of fused-ring (bicyclic) bond motifs is 1. The molecule has 0 unspecified atom stereocenters. The molecular formula is C22H26N4O7S. The summed E-state index contributed by atoms with van der Waals surface area (Å²) >= 11 is 0. The molecule has 1 heterocycles. The van der Waals surface area contributed by atoms with Crippen molar-refractivity contribution in [1.29, 1.82) is 0 Å². The van der Waals surface area contributed by atoms with Crippen LogP contribution in [0, 0.1) is 6.92 Å². The van der Waals surface area contributed by atoms with Gasteiger partial charge in [-0.3, -0.25) is 14.3 Å².